The molecule has 0 saturated carbocycles. The Hall–Kier alpha value is -2.73. The lowest BCUT2D eigenvalue weighted by Crippen LogP contribution is -2.20. The summed E-state index contributed by atoms with van der Waals surface area (Å²) in [4.78, 5) is 15.6. The van der Waals surface area contributed by atoms with Gasteiger partial charge < -0.3 is 15.3 Å². The lowest BCUT2D eigenvalue weighted by atomic mass is 10.0. The van der Waals surface area contributed by atoms with Gasteiger partial charge in [0.05, 0.1) is 29.0 Å². The molecule has 1 aliphatic heterocycles. The van der Waals surface area contributed by atoms with Gasteiger partial charge in [0.25, 0.3) is 0 Å². The largest absolute Gasteiger partial charge is 0.384 e. The molecule has 26 heavy (non-hydrogen) atoms. The van der Waals surface area contributed by atoms with Crippen LogP contribution in [0.1, 0.15) is 39.0 Å². The molecule has 0 saturated heterocycles. The predicted molar refractivity (Wildman–Crippen MR) is 106 cm³/mol. The zero-order chi connectivity index (χ0) is 19.1. The summed E-state index contributed by atoms with van der Waals surface area (Å²) in [5, 5.41) is 13.5. The molecule has 0 spiro atoms. The molecule has 3 heterocycles. The summed E-state index contributed by atoms with van der Waals surface area (Å²) < 4.78 is 0. The summed E-state index contributed by atoms with van der Waals surface area (Å²) in [7, 11) is 1.92. The van der Waals surface area contributed by atoms with Crippen LogP contribution in [0.5, 0.6) is 0 Å². The van der Waals surface area contributed by atoms with E-state index in [9.17, 15) is 5.11 Å². The fourth-order valence-electron chi connectivity index (χ4n) is 2.75. The monoisotopic (exact) mass is 351 g/mol. The first-order valence-electron chi connectivity index (χ1n) is 8.64. The van der Waals surface area contributed by atoms with Gasteiger partial charge in [-0.25, -0.2) is 9.98 Å². The standard InChI is InChI=1S/C20H25N5O/c1-12(2)23-19-18-13(3)25(6)11-22-16(18)9-15(24-19)14-7-8-17(21-10-14)20(4,5)26/h7-12,26H,3H2,1-2,4-6H3,(H,23,24). The average Bonchev–Trinajstić information content (AvgIpc) is 2.56. The quantitative estimate of drug-likeness (QED) is 0.877. The van der Waals surface area contributed by atoms with Gasteiger partial charge in [0.1, 0.15) is 11.4 Å². The Bertz CT molecular complexity index is 863. The van der Waals surface area contributed by atoms with E-state index in [0.29, 0.717) is 5.69 Å². The number of nitrogens with one attached hydrogen (secondary N) is 1. The third-order valence-electron chi connectivity index (χ3n) is 4.19. The summed E-state index contributed by atoms with van der Waals surface area (Å²) in [5.41, 5.74) is 3.88. The first-order chi connectivity index (χ1) is 12.2. The summed E-state index contributed by atoms with van der Waals surface area (Å²) in [6.07, 6.45) is 3.48. The van der Waals surface area contributed by atoms with Crippen molar-refractivity contribution in [3.05, 3.63) is 42.2 Å². The van der Waals surface area contributed by atoms with Crippen molar-refractivity contribution in [1.82, 2.24) is 14.9 Å². The number of aliphatic imine (C=N–C) groups is 1. The lowest BCUT2D eigenvalue weighted by Gasteiger charge is -2.26. The SMILES string of the molecule is C=C1c2c(cc(-c3ccc(C(C)(C)O)nc3)nc2NC(C)C)N=CN1C. The van der Waals surface area contributed by atoms with Crippen LogP contribution in [0.25, 0.3) is 17.0 Å². The minimum Gasteiger partial charge on any atom is -0.384 e. The molecule has 1 aliphatic rings. The van der Waals surface area contributed by atoms with Crippen LogP contribution in [0.3, 0.4) is 0 Å². The van der Waals surface area contributed by atoms with Gasteiger partial charge in [0, 0.05) is 30.5 Å². The van der Waals surface area contributed by atoms with E-state index in [2.05, 4.69) is 35.7 Å². The van der Waals surface area contributed by atoms with E-state index in [1.807, 2.05) is 30.1 Å². The van der Waals surface area contributed by atoms with Crippen LogP contribution >= 0.6 is 0 Å². The fourth-order valence-corrected chi connectivity index (χ4v) is 2.75. The third kappa shape index (κ3) is 3.46. The first kappa shape index (κ1) is 18.1. The van der Waals surface area contributed by atoms with Crippen LogP contribution in [0.4, 0.5) is 11.5 Å². The van der Waals surface area contributed by atoms with Crippen LogP contribution in [-0.2, 0) is 5.60 Å². The minimum atomic E-state index is -0.973. The second kappa shape index (κ2) is 6.53. The second-order valence-electron chi connectivity index (χ2n) is 7.34. The maximum absolute atomic E-state index is 10.1. The highest BCUT2D eigenvalue weighted by molar-refractivity contribution is 5.92. The van der Waals surface area contributed by atoms with Crippen molar-refractivity contribution in [2.24, 2.45) is 4.99 Å². The van der Waals surface area contributed by atoms with E-state index >= 15 is 0 Å². The molecule has 0 aromatic carbocycles. The highest BCUT2D eigenvalue weighted by atomic mass is 16.3. The Labute approximate surface area is 154 Å². The second-order valence-corrected chi connectivity index (χ2v) is 7.34. The van der Waals surface area contributed by atoms with Gasteiger partial charge in [-0.05, 0) is 45.9 Å². The van der Waals surface area contributed by atoms with Crippen molar-refractivity contribution in [1.29, 1.82) is 0 Å². The molecule has 0 bridgehead atoms. The minimum absolute atomic E-state index is 0.224. The summed E-state index contributed by atoms with van der Waals surface area (Å²) in [6, 6.07) is 5.90. The zero-order valence-electron chi connectivity index (χ0n) is 15.9. The molecule has 2 aromatic heterocycles. The fraction of sp³-hybridized carbons (Fsp3) is 0.350. The molecule has 6 nitrogen and oxygen atoms in total. The van der Waals surface area contributed by atoms with Gasteiger partial charge >= 0.3 is 0 Å². The summed E-state index contributed by atoms with van der Waals surface area (Å²) in [6.45, 7) is 11.7. The number of nitrogens with zero attached hydrogens (tertiary/aromatic N) is 4. The maximum atomic E-state index is 10.1. The van der Waals surface area contributed by atoms with Crippen LogP contribution in [0.15, 0.2) is 36.0 Å². The molecule has 0 radical (unpaired) electrons. The van der Waals surface area contributed by atoms with E-state index in [1.54, 1.807) is 26.4 Å². The molecular weight excluding hydrogens is 326 g/mol. The van der Waals surface area contributed by atoms with Crippen LogP contribution in [0, 0.1) is 0 Å². The number of hydrogen-bond acceptors (Lipinski definition) is 6. The number of aliphatic hydroxyl groups is 1. The molecule has 2 aromatic rings. The average molecular weight is 351 g/mol. The van der Waals surface area contributed by atoms with Gasteiger partial charge in [-0.3, -0.25) is 4.98 Å². The normalized spacial score (nSPS) is 14.0. The molecule has 0 atom stereocenters. The van der Waals surface area contributed by atoms with Crippen molar-refractivity contribution < 1.29 is 5.11 Å². The highest BCUT2D eigenvalue weighted by Gasteiger charge is 2.22. The van der Waals surface area contributed by atoms with Gasteiger partial charge in [-0.2, -0.15) is 0 Å². The molecule has 0 amide bonds. The van der Waals surface area contributed by atoms with Gasteiger partial charge in [0.15, 0.2) is 0 Å². The van der Waals surface area contributed by atoms with Gasteiger partial charge in [-0.15, -0.1) is 0 Å². The topological polar surface area (TPSA) is 73.6 Å². The Balaban J connectivity index is 2.10. The Morgan fingerprint density at radius 2 is 2.00 bits per heavy atom. The molecular formula is C20H25N5O. The molecule has 0 fully saturated rings. The Morgan fingerprint density at radius 1 is 1.27 bits per heavy atom. The van der Waals surface area contributed by atoms with E-state index < -0.39 is 5.60 Å². The van der Waals surface area contributed by atoms with Crippen molar-refractivity contribution >= 4 is 23.5 Å². The first-order valence-corrected chi connectivity index (χ1v) is 8.64. The number of anilines is 1. The number of hydrogen-bond donors (Lipinski definition) is 2. The van der Waals surface area contributed by atoms with Crippen molar-refractivity contribution in [2.45, 2.75) is 39.3 Å². The number of fused-ring (bicyclic) bond motifs is 1. The number of aromatic nitrogens is 2. The van der Waals surface area contributed by atoms with E-state index in [-0.39, 0.29) is 6.04 Å². The summed E-state index contributed by atoms with van der Waals surface area (Å²) >= 11 is 0. The molecule has 0 unspecified atom stereocenters. The number of pyridine rings is 2. The zero-order valence-corrected chi connectivity index (χ0v) is 15.9. The van der Waals surface area contributed by atoms with Crippen molar-refractivity contribution in [3.8, 4) is 11.3 Å². The lowest BCUT2D eigenvalue weighted by molar-refractivity contribution is 0.0739. The van der Waals surface area contributed by atoms with Crippen LogP contribution in [-0.4, -0.2) is 39.4 Å². The van der Waals surface area contributed by atoms with Gasteiger partial charge in [0.2, 0.25) is 0 Å². The van der Waals surface area contributed by atoms with E-state index in [4.69, 9.17) is 4.98 Å². The third-order valence-corrected chi connectivity index (χ3v) is 4.19. The number of rotatable bonds is 4. The predicted octanol–water partition coefficient (Wildman–Crippen LogP) is 3.77. The molecule has 2 N–H and O–H groups in total. The van der Waals surface area contributed by atoms with Crippen molar-refractivity contribution in [3.63, 3.8) is 0 Å². The molecule has 136 valence electrons. The summed E-state index contributed by atoms with van der Waals surface area (Å²) in [5.74, 6) is 0.757. The highest BCUT2D eigenvalue weighted by Crippen LogP contribution is 2.38. The smallest absolute Gasteiger partial charge is 0.138 e. The molecule has 6 heteroatoms. The van der Waals surface area contributed by atoms with Gasteiger partial charge in [-0.1, -0.05) is 6.58 Å². The van der Waals surface area contributed by atoms with E-state index in [1.165, 1.54) is 0 Å². The van der Waals surface area contributed by atoms with E-state index in [0.717, 1.165) is 34.0 Å². The molecule has 0 aliphatic carbocycles. The van der Waals surface area contributed by atoms with Crippen LogP contribution < -0.4 is 5.32 Å². The Morgan fingerprint density at radius 3 is 2.58 bits per heavy atom. The maximum Gasteiger partial charge on any atom is 0.138 e. The molecule has 3 rings (SSSR count). The Kier molecular flexibility index (Phi) is 4.54. The van der Waals surface area contributed by atoms with Crippen molar-refractivity contribution in [2.75, 3.05) is 12.4 Å². The van der Waals surface area contributed by atoms with Crippen LogP contribution in [0.2, 0.25) is 0 Å².